The summed E-state index contributed by atoms with van der Waals surface area (Å²) in [6, 6.07) is 0. The van der Waals surface area contributed by atoms with E-state index in [0.717, 1.165) is 83.5 Å². The van der Waals surface area contributed by atoms with E-state index in [1.807, 2.05) is 0 Å². The Kier molecular flexibility index (Phi) is 40.6. The molecule has 52 heavy (non-hydrogen) atoms. The Balaban J connectivity index is 4.26. The average molecular weight is 725 g/mol. The number of hydrogen-bond acceptors (Lipinski definition) is 5. The first-order valence-corrected chi connectivity index (χ1v) is 21.5. The first-order chi connectivity index (χ1) is 25.6. The van der Waals surface area contributed by atoms with Crippen LogP contribution in [0, 0.1) is 0 Å². The summed E-state index contributed by atoms with van der Waals surface area (Å²) in [5, 5.41) is 0. The van der Waals surface area contributed by atoms with Crippen LogP contribution in [0.15, 0.2) is 72.9 Å². The summed E-state index contributed by atoms with van der Waals surface area (Å²) in [5.41, 5.74) is 0. The van der Waals surface area contributed by atoms with Crippen LogP contribution in [-0.4, -0.2) is 37.9 Å². The van der Waals surface area contributed by atoms with Crippen LogP contribution >= 0.6 is 0 Å². The third-order valence-electron chi connectivity index (χ3n) is 8.73. The molecule has 0 spiro atoms. The van der Waals surface area contributed by atoms with Crippen LogP contribution in [0.5, 0.6) is 0 Å². The van der Waals surface area contributed by atoms with Crippen molar-refractivity contribution in [2.24, 2.45) is 0 Å². The highest BCUT2D eigenvalue weighted by atomic mass is 16.6. The molecular formula is C47H80O5. The van der Waals surface area contributed by atoms with Crippen molar-refractivity contribution < 1.29 is 23.8 Å². The molecule has 0 aliphatic carbocycles. The van der Waals surface area contributed by atoms with Gasteiger partial charge in [-0.05, 0) is 83.5 Å². The lowest BCUT2D eigenvalue weighted by atomic mass is 10.1. The molecular weight excluding hydrogens is 645 g/mol. The first kappa shape index (κ1) is 49.3. The van der Waals surface area contributed by atoms with Gasteiger partial charge in [-0.15, -0.1) is 0 Å². The van der Waals surface area contributed by atoms with E-state index in [2.05, 4.69) is 93.7 Å². The highest BCUT2D eigenvalue weighted by Gasteiger charge is 2.17. The fraction of sp³-hybridized carbons (Fsp3) is 0.702. The number of carbonyl (C=O) groups is 2. The van der Waals surface area contributed by atoms with E-state index in [9.17, 15) is 9.59 Å². The van der Waals surface area contributed by atoms with Crippen molar-refractivity contribution in [3.8, 4) is 0 Å². The number of ether oxygens (including phenoxy) is 3. The molecule has 0 aliphatic rings. The molecule has 0 rings (SSSR count). The molecule has 1 atom stereocenters. The number of rotatable bonds is 38. The van der Waals surface area contributed by atoms with Crippen LogP contribution in [0.3, 0.4) is 0 Å². The maximum absolute atomic E-state index is 12.6. The Labute approximate surface area is 321 Å². The minimum atomic E-state index is -0.559. The highest BCUT2D eigenvalue weighted by Crippen LogP contribution is 2.11. The van der Waals surface area contributed by atoms with E-state index in [-0.39, 0.29) is 25.2 Å². The topological polar surface area (TPSA) is 61.8 Å². The SMILES string of the molecule is CC/C=C\C/C=C\C/C=C\C/C=C\C/C=C\CCCC(=O)OCC(COCCCCCCCC)OC(=O)CCCCCCC/C=C\CCCCCC. The molecule has 0 fully saturated rings. The molecule has 0 aliphatic heterocycles. The van der Waals surface area contributed by atoms with E-state index < -0.39 is 6.10 Å². The van der Waals surface area contributed by atoms with Crippen molar-refractivity contribution >= 4 is 11.9 Å². The van der Waals surface area contributed by atoms with Gasteiger partial charge in [-0.3, -0.25) is 9.59 Å². The monoisotopic (exact) mass is 725 g/mol. The number of hydrogen-bond donors (Lipinski definition) is 0. The summed E-state index contributed by atoms with van der Waals surface area (Å²) >= 11 is 0. The summed E-state index contributed by atoms with van der Waals surface area (Å²) in [4.78, 5) is 25.1. The molecule has 0 radical (unpaired) electrons. The smallest absolute Gasteiger partial charge is 0.306 e. The summed E-state index contributed by atoms with van der Waals surface area (Å²) in [6.07, 6.45) is 53.4. The van der Waals surface area contributed by atoms with Crippen LogP contribution in [0.4, 0.5) is 0 Å². The van der Waals surface area contributed by atoms with Gasteiger partial charge in [0.15, 0.2) is 6.10 Å². The largest absolute Gasteiger partial charge is 0.462 e. The van der Waals surface area contributed by atoms with Crippen LogP contribution in [0.1, 0.15) is 188 Å². The maximum atomic E-state index is 12.6. The Bertz CT molecular complexity index is 957. The lowest BCUT2D eigenvalue weighted by Crippen LogP contribution is -2.30. The van der Waals surface area contributed by atoms with Crippen molar-refractivity contribution in [2.45, 2.75) is 194 Å². The molecule has 0 heterocycles. The Morgan fingerprint density at radius 2 is 0.885 bits per heavy atom. The van der Waals surface area contributed by atoms with E-state index >= 15 is 0 Å². The zero-order valence-electron chi connectivity index (χ0n) is 34.1. The molecule has 5 nitrogen and oxygen atoms in total. The molecule has 0 saturated heterocycles. The predicted molar refractivity (Wildman–Crippen MR) is 224 cm³/mol. The van der Waals surface area contributed by atoms with E-state index in [4.69, 9.17) is 14.2 Å². The van der Waals surface area contributed by atoms with Gasteiger partial charge in [-0.1, -0.05) is 164 Å². The molecule has 0 amide bonds. The summed E-state index contributed by atoms with van der Waals surface area (Å²) < 4.78 is 17.1. The number of unbranched alkanes of at least 4 members (excludes halogenated alkanes) is 15. The fourth-order valence-electron chi connectivity index (χ4n) is 5.54. The summed E-state index contributed by atoms with van der Waals surface area (Å²) in [6.45, 7) is 7.57. The Morgan fingerprint density at radius 1 is 0.442 bits per heavy atom. The maximum Gasteiger partial charge on any atom is 0.306 e. The van der Waals surface area contributed by atoms with Gasteiger partial charge in [0.1, 0.15) is 6.61 Å². The van der Waals surface area contributed by atoms with Gasteiger partial charge in [0, 0.05) is 19.4 Å². The lowest BCUT2D eigenvalue weighted by Gasteiger charge is -2.18. The molecule has 0 aromatic heterocycles. The highest BCUT2D eigenvalue weighted by molar-refractivity contribution is 5.70. The Morgan fingerprint density at radius 3 is 1.48 bits per heavy atom. The van der Waals surface area contributed by atoms with Crippen LogP contribution in [0.25, 0.3) is 0 Å². The first-order valence-electron chi connectivity index (χ1n) is 21.5. The minimum absolute atomic E-state index is 0.0505. The zero-order valence-corrected chi connectivity index (χ0v) is 34.1. The molecule has 0 bridgehead atoms. The van der Waals surface area contributed by atoms with Gasteiger partial charge < -0.3 is 14.2 Å². The molecule has 0 N–H and O–H groups in total. The van der Waals surface area contributed by atoms with Crippen LogP contribution in [-0.2, 0) is 23.8 Å². The Hall–Kier alpha value is -2.66. The summed E-state index contributed by atoms with van der Waals surface area (Å²) in [5.74, 6) is -0.482. The number of allylic oxidation sites excluding steroid dienone is 12. The van der Waals surface area contributed by atoms with Crippen LogP contribution < -0.4 is 0 Å². The van der Waals surface area contributed by atoms with Crippen molar-refractivity contribution in [3.63, 3.8) is 0 Å². The molecule has 1 unspecified atom stereocenters. The normalized spacial score (nSPS) is 12.9. The average Bonchev–Trinajstić information content (AvgIpc) is 3.14. The van der Waals surface area contributed by atoms with Gasteiger partial charge in [0.25, 0.3) is 0 Å². The van der Waals surface area contributed by atoms with Crippen molar-refractivity contribution in [2.75, 3.05) is 19.8 Å². The quantitative estimate of drug-likeness (QED) is 0.0360. The van der Waals surface area contributed by atoms with E-state index in [0.29, 0.717) is 19.4 Å². The second-order valence-corrected chi connectivity index (χ2v) is 13.9. The predicted octanol–water partition coefficient (Wildman–Crippen LogP) is 14.0. The van der Waals surface area contributed by atoms with Gasteiger partial charge in [-0.25, -0.2) is 0 Å². The van der Waals surface area contributed by atoms with Gasteiger partial charge in [-0.2, -0.15) is 0 Å². The number of esters is 2. The van der Waals surface area contributed by atoms with Crippen molar-refractivity contribution in [1.82, 2.24) is 0 Å². The minimum Gasteiger partial charge on any atom is -0.462 e. The van der Waals surface area contributed by atoms with Gasteiger partial charge in [0.2, 0.25) is 0 Å². The van der Waals surface area contributed by atoms with E-state index in [1.165, 1.54) is 70.6 Å². The third kappa shape index (κ3) is 40.1. The second kappa shape index (κ2) is 42.8. The zero-order chi connectivity index (χ0) is 37.8. The van der Waals surface area contributed by atoms with E-state index in [1.54, 1.807) is 0 Å². The van der Waals surface area contributed by atoms with Gasteiger partial charge >= 0.3 is 11.9 Å². The third-order valence-corrected chi connectivity index (χ3v) is 8.73. The molecule has 298 valence electrons. The summed E-state index contributed by atoms with van der Waals surface area (Å²) in [7, 11) is 0. The lowest BCUT2D eigenvalue weighted by molar-refractivity contribution is -0.163. The van der Waals surface area contributed by atoms with Gasteiger partial charge in [0.05, 0.1) is 6.61 Å². The molecule has 5 heteroatoms. The number of carbonyl (C=O) groups excluding carboxylic acids is 2. The van der Waals surface area contributed by atoms with Crippen LogP contribution in [0.2, 0.25) is 0 Å². The molecule has 0 aromatic rings. The van der Waals surface area contributed by atoms with Crippen molar-refractivity contribution in [1.29, 1.82) is 0 Å². The standard InChI is InChI=1S/C47H80O5/c1-4-7-10-13-16-18-20-22-23-24-25-27-28-30-32-34-37-40-46(48)51-44-45(43-50-42-39-36-15-12-9-6-3)52-47(49)41-38-35-33-31-29-26-21-19-17-14-11-8-5-2/h7,10,16,18-19,21-23,25,27,30,32,45H,4-6,8-9,11-15,17,20,24,26,28-29,31,33-44H2,1-3H3/b10-7-,18-16-,21-19-,23-22-,27-25-,32-30-. The second-order valence-electron chi connectivity index (χ2n) is 13.9. The molecule has 0 saturated carbocycles. The molecule has 0 aromatic carbocycles. The van der Waals surface area contributed by atoms with Crippen molar-refractivity contribution in [3.05, 3.63) is 72.9 Å². The fourth-order valence-corrected chi connectivity index (χ4v) is 5.54.